The lowest BCUT2D eigenvalue weighted by Crippen LogP contribution is -2.50. The van der Waals surface area contributed by atoms with E-state index in [1.54, 1.807) is 13.0 Å². The van der Waals surface area contributed by atoms with E-state index in [4.69, 9.17) is 4.74 Å². The molecule has 128 valence electrons. The van der Waals surface area contributed by atoms with Gasteiger partial charge in [-0.3, -0.25) is 9.59 Å². The van der Waals surface area contributed by atoms with Crippen molar-refractivity contribution in [2.24, 2.45) is 34.5 Å². The van der Waals surface area contributed by atoms with Gasteiger partial charge in [0, 0.05) is 11.8 Å². The number of fused-ring (bicyclic) bond motifs is 1. The van der Waals surface area contributed by atoms with Crippen LogP contribution in [0.25, 0.3) is 0 Å². The predicted octanol–water partition coefficient (Wildman–Crippen LogP) is 1.91. The van der Waals surface area contributed by atoms with Gasteiger partial charge in [0.2, 0.25) is 0 Å². The summed E-state index contributed by atoms with van der Waals surface area (Å²) in [5, 5.41) is 20.7. The fourth-order valence-corrected chi connectivity index (χ4v) is 7.14. The fourth-order valence-electron chi connectivity index (χ4n) is 7.14. The van der Waals surface area contributed by atoms with Crippen molar-refractivity contribution < 1.29 is 24.5 Å². The van der Waals surface area contributed by atoms with Crippen molar-refractivity contribution in [2.75, 3.05) is 0 Å². The number of rotatable bonds is 1. The van der Waals surface area contributed by atoms with Crippen LogP contribution in [0.5, 0.6) is 0 Å². The van der Waals surface area contributed by atoms with Crippen molar-refractivity contribution in [3.05, 3.63) is 24.3 Å². The smallest absolute Gasteiger partial charge is 0.316 e. The van der Waals surface area contributed by atoms with E-state index in [0.717, 1.165) is 24.8 Å². The van der Waals surface area contributed by atoms with Crippen molar-refractivity contribution in [2.45, 2.75) is 44.3 Å². The molecule has 5 rings (SSSR count). The van der Waals surface area contributed by atoms with Gasteiger partial charge in [0.15, 0.2) is 0 Å². The molecule has 0 aromatic heterocycles. The van der Waals surface area contributed by atoms with Crippen LogP contribution in [-0.2, 0) is 14.3 Å². The standard InChI is InChI=1S/C19H22O5/c1-9-7-18-8-10(9)3-4-11(18)19-6-5-12(20)17(2,16(23)24-19)14(19)13(18)15(21)22/h5-6,10-14,20H,1,3-4,7-8H2,2H3,(H,21,22)/t10-,11-,12+,13?,14-,17+,18+,19-/m1/s1. The Morgan fingerprint density at radius 1 is 1.42 bits per heavy atom. The summed E-state index contributed by atoms with van der Waals surface area (Å²) in [7, 11) is 0. The van der Waals surface area contributed by atoms with Crippen molar-refractivity contribution in [3.8, 4) is 0 Å². The molecule has 0 aromatic carbocycles. The highest BCUT2D eigenvalue weighted by molar-refractivity contribution is 5.86. The maximum absolute atomic E-state index is 12.7. The van der Waals surface area contributed by atoms with E-state index in [-0.39, 0.29) is 5.92 Å². The number of carboxylic acid groups (broad SMARTS) is 1. The summed E-state index contributed by atoms with van der Waals surface area (Å²) in [6.07, 6.45) is 5.83. The molecule has 24 heavy (non-hydrogen) atoms. The molecule has 4 bridgehead atoms. The summed E-state index contributed by atoms with van der Waals surface area (Å²) >= 11 is 0. The number of aliphatic hydroxyl groups excluding tert-OH is 1. The number of hydrogen-bond donors (Lipinski definition) is 2. The van der Waals surface area contributed by atoms with Crippen LogP contribution in [0, 0.1) is 34.5 Å². The molecule has 0 aromatic rings. The maximum Gasteiger partial charge on any atom is 0.316 e. The van der Waals surface area contributed by atoms with Gasteiger partial charge in [-0.1, -0.05) is 18.2 Å². The second-order valence-electron chi connectivity index (χ2n) is 8.72. The van der Waals surface area contributed by atoms with E-state index in [1.807, 2.05) is 6.08 Å². The van der Waals surface area contributed by atoms with Crippen LogP contribution in [0.4, 0.5) is 0 Å². The van der Waals surface area contributed by atoms with Crippen molar-refractivity contribution in [3.63, 3.8) is 0 Å². The molecule has 1 heterocycles. The van der Waals surface area contributed by atoms with Crippen molar-refractivity contribution in [1.29, 1.82) is 0 Å². The third kappa shape index (κ3) is 1.25. The minimum absolute atomic E-state index is 0.00104. The molecular weight excluding hydrogens is 308 g/mol. The summed E-state index contributed by atoms with van der Waals surface area (Å²) in [5.74, 6) is -2.12. The largest absolute Gasteiger partial charge is 0.481 e. The van der Waals surface area contributed by atoms with Gasteiger partial charge in [-0.2, -0.15) is 0 Å². The fraction of sp³-hybridized carbons (Fsp3) is 0.684. The van der Waals surface area contributed by atoms with Gasteiger partial charge in [0.05, 0.1) is 12.0 Å². The molecule has 5 heteroatoms. The highest BCUT2D eigenvalue weighted by atomic mass is 16.6. The Morgan fingerprint density at radius 2 is 2.17 bits per heavy atom. The van der Waals surface area contributed by atoms with Gasteiger partial charge in [-0.15, -0.1) is 0 Å². The van der Waals surface area contributed by atoms with Crippen molar-refractivity contribution in [1.82, 2.24) is 0 Å². The number of carboxylic acids is 1. The number of carbonyl (C=O) groups is 2. The molecular formula is C19H22O5. The summed E-state index contributed by atoms with van der Waals surface area (Å²) in [6.45, 7) is 5.88. The monoisotopic (exact) mass is 330 g/mol. The lowest BCUT2D eigenvalue weighted by atomic mass is 9.61. The number of aliphatic hydroxyl groups is 1. The van der Waals surface area contributed by atoms with Crippen LogP contribution in [0.15, 0.2) is 24.3 Å². The van der Waals surface area contributed by atoms with Gasteiger partial charge in [0.1, 0.15) is 11.0 Å². The van der Waals surface area contributed by atoms with E-state index in [1.165, 1.54) is 0 Å². The first kappa shape index (κ1) is 14.7. The average molecular weight is 330 g/mol. The van der Waals surface area contributed by atoms with Crippen LogP contribution in [0.3, 0.4) is 0 Å². The predicted molar refractivity (Wildman–Crippen MR) is 83.7 cm³/mol. The second kappa shape index (κ2) is 3.96. The van der Waals surface area contributed by atoms with Gasteiger partial charge in [-0.25, -0.2) is 0 Å². The molecule has 0 radical (unpaired) electrons. The third-order valence-corrected chi connectivity index (χ3v) is 8.02. The number of esters is 1. The number of hydrogen-bond acceptors (Lipinski definition) is 4. The number of aliphatic carboxylic acids is 1. The topological polar surface area (TPSA) is 83.8 Å². The highest BCUT2D eigenvalue weighted by Gasteiger charge is 2.82. The number of allylic oxidation sites excluding steroid dienone is 1. The summed E-state index contributed by atoms with van der Waals surface area (Å²) < 4.78 is 5.92. The average Bonchev–Trinajstić information content (AvgIpc) is 2.98. The molecule has 4 fully saturated rings. The van der Waals surface area contributed by atoms with E-state index in [0.29, 0.717) is 12.3 Å². The normalized spacial score (nSPS) is 56.8. The summed E-state index contributed by atoms with van der Waals surface area (Å²) in [5.41, 5.74) is -1.30. The van der Waals surface area contributed by atoms with E-state index in [2.05, 4.69) is 6.58 Å². The van der Waals surface area contributed by atoms with Gasteiger partial charge >= 0.3 is 11.9 Å². The first-order valence-corrected chi connectivity index (χ1v) is 8.79. The summed E-state index contributed by atoms with van der Waals surface area (Å²) in [4.78, 5) is 25.0. The Hall–Kier alpha value is -1.62. The van der Waals surface area contributed by atoms with Gasteiger partial charge < -0.3 is 14.9 Å². The Bertz CT molecular complexity index is 725. The van der Waals surface area contributed by atoms with Crippen LogP contribution < -0.4 is 0 Å². The first-order chi connectivity index (χ1) is 11.3. The molecule has 1 spiro atoms. The zero-order valence-electron chi connectivity index (χ0n) is 13.7. The SMILES string of the molecule is C=C1C[C@]23C[C@H]1CC[C@H]2[C@@]12C=C[C@H](O)[C@](C)(C(=O)O1)[C@H]2C3C(=O)O. The van der Waals surface area contributed by atoms with Crippen LogP contribution in [0.2, 0.25) is 0 Å². The van der Waals surface area contributed by atoms with Crippen LogP contribution >= 0.6 is 0 Å². The van der Waals surface area contributed by atoms with Crippen LogP contribution in [0.1, 0.15) is 32.6 Å². The van der Waals surface area contributed by atoms with Crippen molar-refractivity contribution >= 4 is 11.9 Å². The maximum atomic E-state index is 12.7. The Kier molecular flexibility index (Phi) is 2.42. The molecule has 5 aliphatic rings. The van der Waals surface area contributed by atoms with E-state index >= 15 is 0 Å². The lowest BCUT2D eigenvalue weighted by Gasteiger charge is -2.42. The number of carbonyl (C=O) groups excluding carboxylic acids is 1. The molecule has 4 aliphatic carbocycles. The molecule has 2 N–H and O–H groups in total. The minimum atomic E-state index is -1.18. The molecule has 0 amide bonds. The number of ether oxygens (including phenoxy) is 1. The van der Waals surface area contributed by atoms with E-state index in [9.17, 15) is 19.8 Å². The third-order valence-electron chi connectivity index (χ3n) is 8.02. The van der Waals surface area contributed by atoms with Gasteiger partial charge in [-0.05, 0) is 50.0 Å². The van der Waals surface area contributed by atoms with E-state index < -0.39 is 46.3 Å². The molecule has 1 aliphatic heterocycles. The first-order valence-electron chi connectivity index (χ1n) is 8.79. The quantitative estimate of drug-likeness (QED) is 0.567. The van der Waals surface area contributed by atoms with Gasteiger partial charge in [0.25, 0.3) is 0 Å². The minimum Gasteiger partial charge on any atom is -0.481 e. The zero-order chi connectivity index (χ0) is 17.1. The summed E-state index contributed by atoms with van der Waals surface area (Å²) in [6, 6.07) is 0. The Balaban J connectivity index is 1.78. The second-order valence-corrected chi connectivity index (χ2v) is 8.72. The molecule has 1 saturated heterocycles. The zero-order valence-corrected chi connectivity index (χ0v) is 13.7. The molecule has 1 unspecified atom stereocenters. The highest BCUT2D eigenvalue weighted by Crippen LogP contribution is 2.76. The molecule has 5 nitrogen and oxygen atoms in total. The molecule has 8 atom stereocenters. The Labute approximate surface area is 140 Å². The Morgan fingerprint density at radius 3 is 2.88 bits per heavy atom. The van der Waals surface area contributed by atoms with Crippen LogP contribution in [-0.4, -0.2) is 33.9 Å². The molecule has 3 saturated carbocycles. The lowest BCUT2D eigenvalue weighted by molar-refractivity contribution is -0.161.